The Balaban J connectivity index is 0.957. The van der Waals surface area contributed by atoms with E-state index in [-0.39, 0.29) is 12.0 Å². The van der Waals surface area contributed by atoms with Crippen LogP contribution in [0.3, 0.4) is 0 Å². The van der Waals surface area contributed by atoms with Crippen molar-refractivity contribution in [2.24, 2.45) is 5.92 Å². The molecule has 0 saturated carbocycles. The molecule has 3 nitrogen and oxygen atoms in total. The molecule has 0 radical (unpaired) electrons. The first-order valence-corrected chi connectivity index (χ1v) is 49.1. The van der Waals surface area contributed by atoms with Crippen LogP contribution in [0.4, 0.5) is 0 Å². The first-order valence-electron chi connectivity index (χ1n) is 44.2. The van der Waals surface area contributed by atoms with Gasteiger partial charge in [-0.25, -0.2) is 0 Å². The van der Waals surface area contributed by atoms with Crippen molar-refractivity contribution in [3.63, 3.8) is 0 Å². The number of fused-ring (bicyclic) bond motifs is 6. The van der Waals surface area contributed by atoms with Crippen LogP contribution in [0.25, 0.3) is 43.7 Å². The minimum absolute atomic E-state index is 0.0951. The maximum absolute atomic E-state index is 15.7. The number of likely N-dealkylation sites (tertiary alicyclic amines) is 1. The summed E-state index contributed by atoms with van der Waals surface area (Å²) in [7, 11) is 0. The van der Waals surface area contributed by atoms with Crippen LogP contribution in [-0.4, -0.2) is 35.3 Å². The van der Waals surface area contributed by atoms with Gasteiger partial charge < -0.3 is 4.90 Å². The highest BCUT2D eigenvalue weighted by atomic mass is 32.1. The normalized spacial score (nSPS) is 15.2. The highest BCUT2D eigenvalue weighted by Crippen LogP contribution is 2.57. The molecule has 9 heteroatoms. The molecule has 0 aromatic carbocycles. The van der Waals surface area contributed by atoms with Crippen molar-refractivity contribution in [2.75, 3.05) is 19.6 Å². The van der Waals surface area contributed by atoms with Crippen LogP contribution < -0.4 is 0 Å². The molecule has 2 unspecified atom stereocenters. The fourth-order valence-corrected chi connectivity index (χ4v) is 25.6. The fourth-order valence-electron chi connectivity index (χ4n) is 17.2. The number of carbonyl (C=O) groups is 1. The zero-order valence-electron chi connectivity index (χ0n) is 66.3. The standard InChI is InChI=1S/C92H150N2OS6/c1-7-11-15-19-23-27-31-35-39-41-45-49-53-57-61-65-76-75(6)97-88-86(76)100-91-89-87(101-90(88)91)77(66-62-58-54-50-46-42-40-36-32-28-24-20-16-12-8-2)85(99-89)81-70-69-80(98-81)84-82-78(73-93(84)71-63-59-55-51-47-43-37-33-29-25-21-17-13-9-3)83(79-68-67-74(5)96-79)94(92(82)95)72-64-60-56-52-48-44-38-34-30-26-22-18-14-10-4/h67-70,82,84H,7-66,71-73H2,1-6H3. The van der Waals surface area contributed by atoms with Crippen molar-refractivity contribution in [1.82, 2.24) is 9.80 Å². The molecule has 101 heavy (non-hydrogen) atoms. The van der Waals surface area contributed by atoms with Crippen LogP contribution in [-0.2, 0) is 17.6 Å². The number of amides is 1. The summed E-state index contributed by atoms with van der Waals surface area (Å²) in [4.78, 5) is 29.5. The Labute approximate surface area is 645 Å². The lowest BCUT2D eigenvalue weighted by molar-refractivity contribution is -0.130. The van der Waals surface area contributed by atoms with E-state index in [2.05, 4.69) is 132 Å². The average molecular weight is 1490 g/mol. The molecule has 6 aromatic rings. The highest BCUT2D eigenvalue weighted by molar-refractivity contribution is 7.45. The topological polar surface area (TPSA) is 23.6 Å². The van der Waals surface area contributed by atoms with E-state index in [1.807, 2.05) is 11.3 Å². The van der Waals surface area contributed by atoms with Crippen molar-refractivity contribution in [3.05, 3.63) is 60.5 Å². The first-order chi connectivity index (χ1) is 49.9. The van der Waals surface area contributed by atoms with Crippen LogP contribution >= 0.6 is 68.0 Å². The number of nitrogens with zero attached hydrogens (tertiary/aromatic N) is 2. The van der Waals surface area contributed by atoms with Gasteiger partial charge in [0, 0.05) is 37.5 Å². The summed E-state index contributed by atoms with van der Waals surface area (Å²) in [6.07, 6.45) is 83.1. The maximum Gasteiger partial charge on any atom is 0.236 e. The smallest absolute Gasteiger partial charge is 0.236 e. The van der Waals surface area contributed by atoms with Crippen LogP contribution in [0, 0.1) is 19.8 Å². The molecule has 0 spiro atoms. The second-order valence-corrected chi connectivity index (χ2v) is 38.9. The monoisotopic (exact) mass is 1490 g/mol. The number of carbonyl (C=O) groups excluding carboxylic acids is 1. The van der Waals surface area contributed by atoms with Crippen LogP contribution in [0.2, 0.25) is 0 Å². The second-order valence-electron chi connectivity index (χ2n) is 32.2. The predicted molar refractivity (Wildman–Crippen MR) is 462 cm³/mol. The summed E-state index contributed by atoms with van der Waals surface area (Å²) in [5.41, 5.74) is 6.01. The SMILES string of the molecule is CCCCCCCCCCCCCCCCCc1c(C)sc2c1sc1c3sc(-c4ccc(C5C6C(=O)N(CCCCCCCCCCCCCCCC)C(c7ccc(C)s7)=C6CN5CCCCCCCCCCCCCCCC)s4)c(CCCCCCCCCCCCCCCCC)c3sc21. The molecule has 8 heterocycles. The highest BCUT2D eigenvalue weighted by Gasteiger charge is 2.52. The lowest BCUT2D eigenvalue weighted by Crippen LogP contribution is -2.35. The van der Waals surface area contributed by atoms with Gasteiger partial charge in [0.15, 0.2) is 0 Å². The summed E-state index contributed by atoms with van der Waals surface area (Å²) in [6.45, 7) is 16.8. The predicted octanol–water partition coefficient (Wildman–Crippen LogP) is 33.8. The van der Waals surface area contributed by atoms with E-state index in [0.29, 0.717) is 5.91 Å². The summed E-state index contributed by atoms with van der Waals surface area (Å²) >= 11 is 12.5. The number of hydrogen-bond donors (Lipinski definition) is 0. The Hall–Kier alpha value is -1.85. The van der Waals surface area contributed by atoms with E-state index < -0.39 is 0 Å². The Morgan fingerprint density at radius 2 is 0.663 bits per heavy atom. The van der Waals surface area contributed by atoms with Gasteiger partial charge in [0.05, 0.1) is 50.7 Å². The molecule has 2 atom stereocenters. The average Bonchev–Trinajstić information content (AvgIpc) is 1.57. The molecule has 2 aliphatic rings. The third-order valence-corrected chi connectivity index (χ3v) is 31.4. The summed E-state index contributed by atoms with van der Waals surface area (Å²) < 4.78 is 9.52. The van der Waals surface area contributed by atoms with Gasteiger partial charge in [0.2, 0.25) is 5.91 Å². The Morgan fingerprint density at radius 1 is 0.327 bits per heavy atom. The van der Waals surface area contributed by atoms with Crippen LogP contribution in [0.15, 0.2) is 29.8 Å². The molecular formula is C92H150N2OS6. The molecule has 6 aromatic heterocycles. The second kappa shape index (κ2) is 51.5. The minimum Gasteiger partial charge on any atom is -0.310 e. The van der Waals surface area contributed by atoms with E-state index in [1.54, 1.807) is 49.1 Å². The molecule has 1 saturated heterocycles. The fraction of sp³-hybridized carbons (Fsp3) is 0.772. The van der Waals surface area contributed by atoms with Gasteiger partial charge in [0.1, 0.15) is 0 Å². The number of unbranched alkanes of at least 4 members (excludes halogenated alkanes) is 54. The van der Waals surface area contributed by atoms with Gasteiger partial charge in [-0.15, -0.1) is 68.0 Å². The van der Waals surface area contributed by atoms with Gasteiger partial charge in [-0.3, -0.25) is 9.69 Å². The van der Waals surface area contributed by atoms with Gasteiger partial charge >= 0.3 is 0 Å². The molecule has 1 fully saturated rings. The first kappa shape index (κ1) is 84.8. The Kier molecular flexibility index (Phi) is 43.2. The Bertz CT molecular complexity index is 3140. The van der Waals surface area contributed by atoms with Crippen molar-refractivity contribution >= 4 is 108 Å². The maximum atomic E-state index is 15.7. The van der Waals surface area contributed by atoms with Crippen molar-refractivity contribution in [3.8, 4) is 9.75 Å². The molecule has 0 N–H and O–H groups in total. The zero-order valence-corrected chi connectivity index (χ0v) is 71.2. The number of hydrogen-bond acceptors (Lipinski definition) is 8. The quantitative estimate of drug-likeness (QED) is 0.0355. The van der Waals surface area contributed by atoms with Gasteiger partial charge in [0.25, 0.3) is 0 Å². The van der Waals surface area contributed by atoms with Gasteiger partial charge in [-0.05, 0) is 99.9 Å². The number of rotatable bonds is 65. The minimum atomic E-state index is -0.102. The lowest BCUT2D eigenvalue weighted by Gasteiger charge is -2.29. The molecule has 1 amide bonds. The summed E-state index contributed by atoms with van der Waals surface area (Å²) in [5, 5.41) is 0. The van der Waals surface area contributed by atoms with Crippen LogP contribution in [0.1, 0.15) is 437 Å². The molecule has 0 bridgehead atoms. The molecule has 8 rings (SSSR count). The Morgan fingerprint density at radius 3 is 1.06 bits per heavy atom. The van der Waals surface area contributed by atoms with E-state index in [9.17, 15) is 0 Å². The summed E-state index contributed by atoms with van der Waals surface area (Å²) in [6, 6.07) is 9.79. The van der Waals surface area contributed by atoms with Gasteiger partial charge in [-0.1, -0.05) is 374 Å². The van der Waals surface area contributed by atoms with Crippen molar-refractivity contribution in [1.29, 1.82) is 0 Å². The van der Waals surface area contributed by atoms with E-state index >= 15 is 4.79 Å². The number of thiophene rings is 6. The lowest BCUT2D eigenvalue weighted by atomic mass is 9.95. The van der Waals surface area contributed by atoms with Crippen molar-refractivity contribution < 1.29 is 4.79 Å². The third-order valence-electron chi connectivity index (χ3n) is 23.4. The van der Waals surface area contributed by atoms with Crippen molar-refractivity contribution in [2.45, 2.75) is 433 Å². The number of aryl methyl sites for hydroxylation is 4. The van der Waals surface area contributed by atoms with E-state index in [0.717, 1.165) is 26.1 Å². The van der Waals surface area contributed by atoms with E-state index in [1.165, 1.54) is 410 Å². The van der Waals surface area contributed by atoms with Crippen LogP contribution in [0.5, 0.6) is 0 Å². The largest absolute Gasteiger partial charge is 0.310 e. The van der Waals surface area contributed by atoms with E-state index in [4.69, 9.17) is 0 Å². The van der Waals surface area contributed by atoms with Gasteiger partial charge in [-0.2, -0.15) is 0 Å². The third kappa shape index (κ3) is 28.6. The molecule has 2 aliphatic heterocycles. The molecule has 0 aliphatic carbocycles. The molecular weight excluding hydrogens is 1340 g/mol. The zero-order chi connectivity index (χ0) is 70.7. The summed E-state index contributed by atoms with van der Waals surface area (Å²) in [5.74, 6) is 0.286. The molecule has 570 valence electrons.